The second-order valence-electron chi connectivity index (χ2n) is 10.0. The number of rotatable bonds is 6. The van der Waals surface area contributed by atoms with Crippen molar-refractivity contribution in [1.82, 2.24) is 15.2 Å². The predicted octanol–water partition coefficient (Wildman–Crippen LogP) is 4.02. The normalized spacial score (nSPS) is 20.6. The van der Waals surface area contributed by atoms with E-state index in [4.69, 9.17) is 4.98 Å². The number of hydrogen-bond acceptors (Lipinski definition) is 4. The molecule has 0 radical (unpaired) electrons. The molecule has 32 heavy (non-hydrogen) atoms. The highest BCUT2D eigenvalue weighted by molar-refractivity contribution is 6.06. The van der Waals surface area contributed by atoms with Crippen molar-refractivity contribution in [1.29, 1.82) is 0 Å². The molecule has 4 rings (SSSR count). The number of amides is 2. The van der Waals surface area contributed by atoms with Gasteiger partial charge in [0, 0.05) is 36.6 Å². The van der Waals surface area contributed by atoms with Gasteiger partial charge < -0.3 is 15.3 Å². The Kier molecular flexibility index (Phi) is 6.79. The quantitative estimate of drug-likeness (QED) is 0.715. The molecule has 2 aliphatic rings. The molecule has 0 spiro atoms. The Morgan fingerprint density at radius 3 is 2.72 bits per heavy atom. The van der Waals surface area contributed by atoms with Crippen molar-refractivity contribution in [3.05, 3.63) is 41.6 Å². The lowest BCUT2D eigenvalue weighted by atomic mass is 9.82. The number of benzene rings is 1. The average molecular weight is 438 g/mol. The molecule has 0 bridgehead atoms. The maximum Gasteiger partial charge on any atom is 0.252 e. The Bertz CT molecular complexity index is 981. The van der Waals surface area contributed by atoms with E-state index in [9.17, 15) is 14.7 Å². The fraction of sp³-hybridized carbons (Fsp3) is 0.577. The van der Waals surface area contributed by atoms with Crippen LogP contribution in [0.1, 0.15) is 80.8 Å². The van der Waals surface area contributed by atoms with Gasteiger partial charge in [0.25, 0.3) is 5.91 Å². The van der Waals surface area contributed by atoms with Crippen LogP contribution in [0, 0.1) is 5.92 Å². The zero-order chi connectivity index (χ0) is 22.7. The molecule has 2 fully saturated rings. The van der Waals surface area contributed by atoms with Gasteiger partial charge in [0.2, 0.25) is 5.91 Å². The highest BCUT2D eigenvalue weighted by Crippen LogP contribution is 2.34. The SMILES string of the molecule is CC(C)CNC(=O)c1cc([C@H]2CCN(C(=O)CC3(O)CCCCC3)C2)nc2ccccc12. The number of nitrogens with zero attached hydrogens (tertiary/aromatic N) is 2. The third-order valence-corrected chi connectivity index (χ3v) is 6.88. The molecule has 2 N–H and O–H groups in total. The summed E-state index contributed by atoms with van der Waals surface area (Å²) in [5.74, 6) is 0.428. The lowest BCUT2D eigenvalue weighted by Crippen LogP contribution is -2.39. The molecule has 0 unspecified atom stereocenters. The zero-order valence-corrected chi connectivity index (χ0v) is 19.3. The van der Waals surface area contributed by atoms with E-state index < -0.39 is 5.60 Å². The summed E-state index contributed by atoms with van der Waals surface area (Å²) in [6.07, 6.45) is 5.61. The van der Waals surface area contributed by atoms with Gasteiger partial charge in [-0.05, 0) is 37.3 Å². The van der Waals surface area contributed by atoms with Gasteiger partial charge in [0.05, 0.1) is 23.1 Å². The summed E-state index contributed by atoms with van der Waals surface area (Å²) < 4.78 is 0. The Morgan fingerprint density at radius 2 is 1.97 bits per heavy atom. The summed E-state index contributed by atoms with van der Waals surface area (Å²) in [5.41, 5.74) is 1.48. The van der Waals surface area contributed by atoms with Gasteiger partial charge in [-0.25, -0.2) is 0 Å². The molecule has 2 amide bonds. The predicted molar refractivity (Wildman–Crippen MR) is 126 cm³/mol. The molecule has 1 aliphatic heterocycles. The van der Waals surface area contributed by atoms with E-state index >= 15 is 0 Å². The van der Waals surface area contributed by atoms with Crippen molar-refractivity contribution >= 4 is 22.7 Å². The number of likely N-dealkylation sites (tertiary alicyclic amines) is 1. The van der Waals surface area contributed by atoms with Crippen LogP contribution in [0.4, 0.5) is 0 Å². The summed E-state index contributed by atoms with van der Waals surface area (Å²) in [6.45, 7) is 6.03. The number of fused-ring (bicyclic) bond motifs is 1. The van der Waals surface area contributed by atoms with E-state index in [0.29, 0.717) is 31.1 Å². The van der Waals surface area contributed by atoms with Gasteiger partial charge in [0.15, 0.2) is 0 Å². The number of aromatic nitrogens is 1. The fourth-order valence-corrected chi connectivity index (χ4v) is 4.99. The van der Waals surface area contributed by atoms with Gasteiger partial charge in [-0.15, -0.1) is 0 Å². The van der Waals surface area contributed by atoms with Crippen LogP contribution in [0.25, 0.3) is 10.9 Å². The third-order valence-electron chi connectivity index (χ3n) is 6.88. The lowest BCUT2D eigenvalue weighted by Gasteiger charge is -2.32. The monoisotopic (exact) mass is 437 g/mol. The molecule has 6 heteroatoms. The molecular weight excluding hydrogens is 402 g/mol. The van der Waals surface area contributed by atoms with E-state index in [1.807, 2.05) is 35.2 Å². The minimum Gasteiger partial charge on any atom is -0.389 e. The first-order valence-electron chi connectivity index (χ1n) is 12.0. The first-order valence-corrected chi connectivity index (χ1v) is 12.0. The molecule has 172 valence electrons. The van der Waals surface area contributed by atoms with Gasteiger partial charge in [-0.1, -0.05) is 51.3 Å². The van der Waals surface area contributed by atoms with Crippen LogP contribution in [-0.4, -0.2) is 52.0 Å². The summed E-state index contributed by atoms with van der Waals surface area (Å²) in [6, 6.07) is 9.64. The van der Waals surface area contributed by atoms with E-state index in [1.165, 1.54) is 0 Å². The van der Waals surface area contributed by atoms with Crippen LogP contribution in [0.15, 0.2) is 30.3 Å². The number of pyridine rings is 1. The van der Waals surface area contributed by atoms with E-state index in [1.54, 1.807) is 0 Å². The largest absolute Gasteiger partial charge is 0.389 e. The van der Waals surface area contributed by atoms with E-state index in [0.717, 1.165) is 55.1 Å². The molecule has 6 nitrogen and oxygen atoms in total. The Balaban J connectivity index is 1.51. The summed E-state index contributed by atoms with van der Waals surface area (Å²) >= 11 is 0. The van der Waals surface area contributed by atoms with E-state index in [-0.39, 0.29) is 24.2 Å². The molecule has 1 aliphatic carbocycles. The van der Waals surface area contributed by atoms with Crippen molar-refractivity contribution in [2.75, 3.05) is 19.6 Å². The molecule has 2 aromatic rings. The van der Waals surface area contributed by atoms with Gasteiger partial charge in [-0.3, -0.25) is 14.6 Å². The molecule has 1 saturated heterocycles. The van der Waals surface area contributed by atoms with Gasteiger partial charge in [0.1, 0.15) is 0 Å². The first kappa shape index (κ1) is 22.7. The molecule has 1 aromatic heterocycles. The molecule has 1 saturated carbocycles. The van der Waals surface area contributed by atoms with Crippen molar-refractivity contribution in [2.45, 2.75) is 70.3 Å². The van der Waals surface area contributed by atoms with Crippen LogP contribution >= 0.6 is 0 Å². The molecular formula is C26H35N3O3. The number of para-hydroxylation sites is 1. The van der Waals surface area contributed by atoms with Crippen molar-refractivity contribution < 1.29 is 14.7 Å². The molecule has 2 heterocycles. The number of hydrogen-bond donors (Lipinski definition) is 2. The smallest absolute Gasteiger partial charge is 0.252 e. The van der Waals surface area contributed by atoms with Gasteiger partial charge in [-0.2, -0.15) is 0 Å². The highest BCUT2D eigenvalue weighted by atomic mass is 16.3. The van der Waals surface area contributed by atoms with Crippen molar-refractivity contribution in [3.8, 4) is 0 Å². The number of carbonyl (C=O) groups is 2. The number of aliphatic hydroxyl groups is 1. The second-order valence-corrected chi connectivity index (χ2v) is 10.0. The van der Waals surface area contributed by atoms with Crippen LogP contribution in [0.3, 0.4) is 0 Å². The maximum absolute atomic E-state index is 12.9. The van der Waals surface area contributed by atoms with Crippen molar-refractivity contribution in [3.63, 3.8) is 0 Å². The minimum atomic E-state index is -0.837. The lowest BCUT2D eigenvalue weighted by molar-refractivity contribution is -0.136. The minimum absolute atomic E-state index is 0.0348. The van der Waals surface area contributed by atoms with Gasteiger partial charge >= 0.3 is 0 Å². The van der Waals surface area contributed by atoms with Crippen LogP contribution in [0.5, 0.6) is 0 Å². The van der Waals surface area contributed by atoms with Crippen LogP contribution in [0.2, 0.25) is 0 Å². The topological polar surface area (TPSA) is 82.5 Å². The third kappa shape index (κ3) is 5.12. The molecule has 1 atom stereocenters. The Hall–Kier alpha value is -2.47. The Labute approximate surface area is 190 Å². The van der Waals surface area contributed by atoms with E-state index in [2.05, 4.69) is 19.2 Å². The standard InChI is InChI=1S/C26H35N3O3/c1-18(2)16-27-25(31)21-14-23(28-22-9-5-4-8-20(21)22)19-10-13-29(17-19)24(30)15-26(32)11-6-3-7-12-26/h4-5,8-9,14,18-19,32H,3,6-7,10-13,15-17H2,1-2H3,(H,27,31)/t19-/m0/s1. The Morgan fingerprint density at radius 1 is 1.22 bits per heavy atom. The number of nitrogens with one attached hydrogen (secondary N) is 1. The summed E-state index contributed by atoms with van der Waals surface area (Å²) in [4.78, 5) is 32.6. The zero-order valence-electron chi connectivity index (χ0n) is 19.3. The highest BCUT2D eigenvalue weighted by Gasteiger charge is 2.36. The summed E-state index contributed by atoms with van der Waals surface area (Å²) in [7, 11) is 0. The van der Waals surface area contributed by atoms with Crippen LogP contribution in [-0.2, 0) is 4.79 Å². The average Bonchev–Trinajstić information content (AvgIpc) is 3.27. The number of carbonyl (C=O) groups excluding carboxylic acids is 2. The first-order chi connectivity index (χ1) is 15.3. The van der Waals surface area contributed by atoms with Crippen LogP contribution < -0.4 is 5.32 Å². The van der Waals surface area contributed by atoms with Crippen molar-refractivity contribution in [2.24, 2.45) is 5.92 Å². The fourth-order valence-electron chi connectivity index (χ4n) is 4.99. The molecule has 1 aromatic carbocycles. The second kappa shape index (κ2) is 9.57. The summed E-state index contributed by atoms with van der Waals surface area (Å²) in [5, 5.41) is 14.7. The maximum atomic E-state index is 12.9.